The SMILES string of the molecule is CCN(CC)CCCNC(=O)[C@@H]1CN(C(=O)N(c2ccccc2)c2cccc(Cl)c2)CCN1C(=O)N(c1ccccc1)c1cccc(Cl)c1. The van der Waals surface area contributed by atoms with E-state index in [1.165, 1.54) is 0 Å². The zero-order chi connectivity index (χ0) is 34.8. The van der Waals surface area contributed by atoms with E-state index in [0.29, 0.717) is 39.3 Å². The second-order valence-electron chi connectivity index (χ2n) is 11.7. The fourth-order valence-electron chi connectivity index (χ4n) is 5.98. The largest absolute Gasteiger partial charge is 0.354 e. The van der Waals surface area contributed by atoms with E-state index in [0.717, 1.165) is 26.1 Å². The molecule has 1 N–H and O–H groups in total. The molecule has 0 unspecified atom stereocenters. The number of hydrogen-bond acceptors (Lipinski definition) is 4. The zero-order valence-electron chi connectivity index (χ0n) is 27.8. The quantitative estimate of drug-likeness (QED) is 0.161. The fraction of sp³-hybridized carbons (Fsp3) is 0.289. The summed E-state index contributed by atoms with van der Waals surface area (Å²) in [6.45, 7) is 7.69. The normalized spacial score (nSPS) is 14.4. The van der Waals surface area contributed by atoms with Gasteiger partial charge in [0.2, 0.25) is 5.91 Å². The first-order valence-electron chi connectivity index (χ1n) is 16.6. The Morgan fingerprint density at radius 1 is 0.694 bits per heavy atom. The first-order chi connectivity index (χ1) is 23.8. The molecule has 0 aliphatic carbocycles. The Balaban J connectivity index is 1.46. The van der Waals surface area contributed by atoms with Gasteiger partial charge in [-0.25, -0.2) is 9.59 Å². The van der Waals surface area contributed by atoms with Crippen molar-refractivity contribution in [3.63, 3.8) is 0 Å². The van der Waals surface area contributed by atoms with Crippen LogP contribution in [0.2, 0.25) is 10.0 Å². The monoisotopic (exact) mass is 700 g/mol. The molecule has 11 heteroatoms. The predicted molar refractivity (Wildman–Crippen MR) is 198 cm³/mol. The Bertz CT molecular complexity index is 1710. The van der Waals surface area contributed by atoms with Gasteiger partial charge in [0.05, 0.1) is 29.3 Å². The molecule has 0 aromatic heterocycles. The molecule has 0 spiro atoms. The molecule has 1 heterocycles. The first kappa shape index (κ1) is 35.7. The molecule has 1 aliphatic heterocycles. The molecule has 5 rings (SSSR count). The lowest BCUT2D eigenvalue weighted by Gasteiger charge is -2.43. The minimum atomic E-state index is -0.957. The molecular weight excluding hydrogens is 659 g/mol. The summed E-state index contributed by atoms with van der Waals surface area (Å²) in [5.74, 6) is -0.321. The Kier molecular flexibility index (Phi) is 12.5. The van der Waals surface area contributed by atoms with Crippen molar-refractivity contribution in [3.05, 3.63) is 119 Å². The number of nitrogens with one attached hydrogen (secondary N) is 1. The minimum Gasteiger partial charge on any atom is -0.354 e. The Labute approximate surface area is 298 Å². The molecular formula is C38H42Cl2N6O3. The average molecular weight is 702 g/mol. The van der Waals surface area contributed by atoms with Crippen molar-refractivity contribution in [1.82, 2.24) is 20.0 Å². The van der Waals surface area contributed by atoms with Crippen LogP contribution in [0, 0.1) is 0 Å². The van der Waals surface area contributed by atoms with Crippen LogP contribution in [-0.2, 0) is 4.79 Å². The summed E-state index contributed by atoms with van der Waals surface area (Å²) < 4.78 is 0. The van der Waals surface area contributed by atoms with Gasteiger partial charge >= 0.3 is 12.1 Å². The molecule has 1 fully saturated rings. The van der Waals surface area contributed by atoms with E-state index in [4.69, 9.17) is 23.2 Å². The maximum Gasteiger partial charge on any atom is 0.329 e. The molecule has 0 saturated carbocycles. The van der Waals surface area contributed by atoms with E-state index in [-0.39, 0.29) is 31.6 Å². The third-order valence-corrected chi connectivity index (χ3v) is 9.06. The van der Waals surface area contributed by atoms with Crippen molar-refractivity contribution in [2.75, 3.05) is 55.6 Å². The maximum atomic E-state index is 14.6. The lowest BCUT2D eigenvalue weighted by molar-refractivity contribution is -0.126. The molecule has 9 nitrogen and oxygen atoms in total. The van der Waals surface area contributed by atoms with Crippen molar-refractivity contribution < 1.29 is 14.4 Å². The van der Waals surface area contributed by atoms with E-state index in [2.05, 4.69) is 24.1 Å². The van der Waals surface area contributed by atoms with Gasteiger partial charge in [-0.15, -0.1) is 0 Å². The molecule has 5 amide bonds. The highest BCUT2D eigenvalue weighted by molar-refractivity contribution is 6.31. The summed E-state index contributed by atoms with van der Waals surface area (Å²) in [4.78, 5) is 51.7. The van der Waals surface area contributed by atoms with Gasteiger partial charge in [0.15, 0.2) is 0 Å². The molecule has 256 valence electrons. The molecule has 0 radical (unpaired) electrons. The summed E-state index contributed by atoms with van der Waals surface area (Å²) in [6, 6.07) is 31.0. The molecule has 1 saturated heterocycles. The van der Waals surface area contributed by atoms with E-state index < -0.39 is 12.1 Å². The topological polar surface area (TPSA) is 79.4 Å². The van der Waals surface area contributed by atoms with Crippen LogP contribution in [0.3, 0.4) is 0 Å². The van der Waals surface area contributed by atoms with Gasteiger partial charge in [-0.1, -0.05) is 85.6 Å². The van der Waals surface area contributed by atoms with Gasteiger partial charge in [-0.05, 0) is 86.7 Å². The maximum absolute atomic E-state index is 14.6. The predicted octanol–water partition coefficient (Wildman–Crippen LogP) is 8.04. The van der Waals surface area contributed by atoms with Crippen molar-refractivity contribution in [3.8, 4) is 0 Å². The summed E-state index contributed by atoms with van der Waals surface area (Å²) in [6.07, 6.45) is 0.756. The number of carbonyl (C=O) groups is 3. The summed E-state index contributed by atoms with van der Waals surface area (Å²) in [7, 11) is 0. The number of hydrogen-bond donors (Lipinski definition) is 1. The minimum absolute atomic E-state index is 0.00543. The third-order valence-electron chi connectivity index (χ3n) is 8.59. The lowest BCUT2D eigenvalue weighted by Crippen LogP contribution is -2.64. The zero-order valence-corrected chi connectivity index (χ0v) is 29.4. The van der Waals surface area contributed by atoms with Gasteiger partial charge in [-0.2, -0.15) is 0 Å². The molecule has 49 heavy (non-hydrogen) atoms. The summed E-state index contributed by atoms with van der Waals surface area (Å²) in [5, 5.41) is 4.03. The number of halogens is 2. The number of piperazine rings is 1. The van der Waals surface area contributed by atoms with Crippen LogP contribution in [0.25, 0.3) is 0 Å². The second kappa shape index (κ2) is 17.2. The molecule has 4 aromatic rings. The Hall–Kier alpha value is -4.57. The van der Waals surface area contributed by atoms with Crippen LogP contribution in [0.5, 0.6) is 0 Å². The van der Waals surface area contributed by atoms with Gasteiger partial charge in [0.1, 0.15) is 6.04 Å². The number of carbonyl (C=O) groups excluding carboxylic acids is 3. The van der Waals surface area contributed by atoms with E-state index in [1.54, 1.807) is 56.0 Å². The first-order valence-corrected chi connectivity index (χ1v) is 17.4. The van der Waals surface area contributed by atoms with Crippen molar-refractivity contribution in [2.24, 2.45) is 0 Å². The number of nitrogens with zero attached hydrogens (tertiary/aromatic N) is 5. The van der Waals surface area contributed by atoms with Crippen LogP contribution >= 0.6 is 23.2 Å². The number of anilines is 4. The second-order valence-corrected chi connectivity index (χ2v) is 12.6. The number of para-hydroxylation sites is 2. The van der Waals surface area contributed by atoms with Crippen LogP contribution in [0.4, 0.5) is 32.3 Å². The molecule has 4 aromatic carbocycles. The Morgan fingerprint density at radius 3 is 1.71 bits per heavy atom. The van der Waals surface area contributed by atoms with E-state index in [1.807, 2.05) is 72.8 Å². The van der Waals surface area contributed by atoms with Crippen LogP contribution in [0.15, 0.2) is 109 Å². The highest BCUT2D eigenvalue weighted by Gasteiger charge is 2.40. The van der Waals surface area contributed by atoms with Crippen molar-refractivity contribution >= 4 is 63.9 Å². The van der Waals surface area contributed by atoms with Gasteiger partial charge in [0.25, 0.3) is 0 Å². The average Bonchev–Trinajstić information content (AvgIpc) is 3.12. The van der Waals surface area contributed by atoms with Gasteiger partial charge in [0, 0.05) is 29.7 Å². The van der Waals surface area contributed by atoms with E-state index >= 15 is 0 Å². The van der Waals surface area contributed by atoms with E-state index in [9.17, 15) is 14.4 Å². The van der Waals surface area contributed by atoms with Crippen molar-refractivity contribution in [2.45, 2.75) is 26.3 Å². The lowest BCUT2D eigenvalue weighted by atomic mass is 10.1. The summed E-state index contributed by atoms with van der Waals surface area (Å²) >= 11 is 12.7. The number of urea groups is 2. The fourth-order valence-corrected chi connectivity index (χ4v) is 6.35. The standard InChI is InChI=1S/C38H42Cl2N6O3/c1-3-42(4-2)23-13-22-41-36(47)35-28-43(37(48)45(31-16-7-5-8-17-31)33-20-11-14-29(39)26-33)24-25-44(35)38(49)46(32-18-9-6-10-19-32)34-21-12-15-30(40)27-34/h5-12,14-21,26-27,35H,3-4,13,22-25,28H2,1-2H3,(H,41,47)/t35-/m0/s1. The number of benzene rings is 4. The van der Waals surface area contributed by atoms with Gasteiger partial charge < -0.3 is 20.0 Å². The third kappa shape index (κ3) is 8.92. The van der Waals surface area contributed by atoms with Crippen LogP contribution in [-0.4, -0.2) is 84.5 Å². The Morgan fingerprint density at radius 2 is 1.20 bits per heavy atom. The molecule has 1 atom stereocenters. The highest BCUT2D eigenvalue weighted by atomic mass is 35.5. The number of amides is 5. The highest BCUT2D eigenvalue weighted by Crippen LogP contribution is 2.32. The molecule has 1 aliphatic rings. The number of rotatable bonds is 11. The van der Waals surface area contributed by atoms with Crippen molar-refractivity contribution in [1.29, 1.82) is 0 Å². The smallest absolute Gasteiger partial charge is 0.329 e. The van der Waals surface area contributed by atoms with Crippen LogP contribution in [0.1, 0.15) is 20.3 Å². The summed E-state index contributed by atoms with van der Waals surface area (Å²) in [5.41, 5.74) is 2.44. The van der Waals surface area contributed by atoms with Gasteiger partial charge in [-0.3, -0.25) is 14.6 Å². The molecule has 0 bridgehead atoms. The van der Waals surface area contributed by atoms with Crippen LogP contribution < -0.4 is 15.1 Å².